The molecule has 0 saturated carbocycles. The lowest BCUT2D eigenvalue weighted by Crippen LogP contribution is -2.32. The maximum atomic E-state index is 13.8. The first-order chi connectivity index (χ1) is 8.13. The Bertz CT molecular complexity index is 359. The average molecular weight is 304 g/mol. The van der Waals surface area contributed by atoms with Crippen molar-refractivity contribution in [2.24, 2.45) is 0 Å². The lowest BCUT2D eigenvalue weighted by atomic mass is 9.99. The highest BCUT2D eigenvalue weighted by molar-refractivity contribution is 9.10. The van der Waals surface area contributed by atoms with Crippen molar-refractivity contribution in [3.05, 3.63) is 34.1 Å². The Balaban J connectivity index is 3.02. The van der Waals surface area contributed by atoms with E-state index in [1.165, 1.54) is 6.07 Å². The normalized spacial score (nSPS) is 14.6. The predicted octanol–water partition coefficient (Wildman–Crippen LogP) is 3.66. The summed E-state index contributed by atoms with van der Waals surface area (Å²) in [5, 5.41) is 3.14. The van der Waals surface area contributed by atoms with Crippen LogP contribution >= 0.6 is 15.9 Å². The van der Waals surface area contributed by atoms with Crippen molar-refractivity contribution in [1.29, 1.82) is 0 Å². The molecule has 96 valence electrons. The van der Waals surface area contributed by atoms with E-state index in [0.29, 0.717) is 12.2 Å². The summed E-state index contributed by atoms with van der Waals surface area (Å²) >= 11 is 3.37. The van der Waals surface area contributed by atoms with Gasteiger partial charge >= 0.3 is 0 Å². The van der Waals surface area contributed by atoms with Crippen molar-refractivity contribution < 1.29 is 9.13 Å². The number of hydrogen-bond acceptors (Lipinski definition) is 2. The SMILES string of the molecule is CCOC(CC)C(NC)c1cc(Br)ccc1F. The Hall–Kier alpha value is -0.450. The molecule has 4 heteroatoms. The Morgan fingerprint density at radius 2 is 2.12 bits per heavy atom. The Kier molecular flexibility index (Phi) is 6.09. The minimum atomic E-state index is -0.203. The van der Waals surface area contributed by atoms with Crippen molar-refractivity contribution in [3.8, 4) is 0 Å². The van der Waals surface area contributed by atoms with Gasteiger partial charge in [-0.3, -0.25) is 0 Å². The molecule has 2 nitrogen and oxygen atoms in total. The van der Waals surface area contributed by atoms with Crippen molar-refractivity contribution >= 4 is 15.9 Å². The minimum Gasteiger partial charge on any atom is -0.377 e. The van der Waals surface area contributed by atoms with E-state index < -0.39 is 0 Å². The molecular weight excluding hydrogens is 285 g/mol. The van der Waals surface area contributed by atoms with Gasteiger partial charge in [-0.25, -0.2) is 4.39 Å². The molecule has 2 unspecified atom stereocenters. The number of nitrogens with one attached hydrogen (secondary N) is 1. The molecule has 1 N–H and O–H groups in total. The van der Waals surface area contributed by atoms with Crippen LogP contribution in [0.15, 0.2) is 22.7 Å². The van der Waals surface area contributed by atoms with E-state index >= 15 is 0 Å². The van der Waals surface area contributed by atoms with Crippen molar-refractivity contribution in [3.63, 3.8) is 0 Å². The fourth-order valence-electron chi connectivity index (χ4n) is 1.96. The van der Waals surface area contributed by atoms with Crippen LogP contribution in [0.5, 0.6) is 0 Å². The van der Waals surface area contributed by atoms with E-state index in [2.05, 4.69) is 21.2 Å². The van der Waals surface area contributed by atoms with Gasteiger partial charge in [0.1, 0.15) is 5.82 Å². The van der Waals surface area contributed by atoms with Crippen LogP contribution in [0.2, 0.25) is 0 Å². The molecule has 1 aromatic rings. The van der Waals surface area contributed by atoms with E-state index in [4.69, 9.17) is 4.74 Å². The summed E-state index contributed by atoms with van der Waals surface area (Å²) in [6.07, 6.45) is 0.819. The van der Waals surface area contributed by atoms with Gasteiger partial charge in [0.25, 0.3) is 0 Å². The topological polar surface area (TPSA) is 21.3 Å². The van der Waals surface area contributed by atoms with Crippen LogP contribution in [0.25, 0.3) is 0 Å². The largest absolute Gasteiger partial charge is 0.377 e. The van der Waals surface area contributed by atoms with Crippen LogP contribution in [0.4, 0.5) is 4.39 Å². The van der Waals surface area contributed by atoms with Crippen LogP contribution in [0.1, 0.15) is 31.9 Å². The Labute approximate surface area is 111 Å². The zero-order valence-electron chi connectivity index (χ0n) is 10.5. The molecule has 1 rings (SSSR count). The lowest BCUT2D eigenvalue weighted by Gasteiger charge is -2.26. The minimum absolute atomic E-state index is 0.0196. The van der Waals surface area contributed by atoms with Crippen LogP contribution in [0.3, 0.4) is 0 Å². The number of ether oxygens (including phenoxy) is 1. The number of benzene rings is 1. The molecule has 0 heterocycles. The smallest absolute Gasteiger partial charge is 0.128 e. The second kappa shape index (κ2) is 7.09. The molecular formula is C13H19BrFNO. The van der Waals surface area contributed by atoms with Gasteiger partial charge in [0, 0.05) is 16.6 Å². The second-order valence-electron chi connectivity index (χ2n) is 3.83. The average Bonchev–Trinajstić information content (AvgIpc) is 2.33. The fourth-order valence-corrected chi connectivity index (χ4v) is 2.34. The zero-order valence-corrected chi connectivity index (χ0v) is 12.1. The van der Waals surface area contributed by atoms with E-state index in [1.807, 2.05) is 20.9 Å². The first-order valence-electron chi connectivity index (χ1n) is 5.87. The molecule has 0 spiro atoms. The van der Waals surface area contributed by atoms with Gasteiger partial charge in [-0.15, -0.1) is 0 Å². The van der Waals surface area contributed by atoms with E-state index in [0.717, 1.165) is 10.9 Å². The van der Waals surface area contributed by atoms with Gasteiger partial charge in [-0.05, 0) is 38.6 Å². The molecule has 0 aliphatic heterocycles. The molecule has 0 bridgehead atoms. The molecule has 0 radical (unpaired) electrons. The highest BCUT2D eigenvalue weighted by Gasteiger charge is 2.23. The van der Waals surface area contributed by atoms with Crippen LogP contribution in [0, 0.1) is 5.82 Å². The summed E-state index contributed by atoms with van der Waals surface area (Å²) in [5.74, 6) is -0.203. The van der Waals surface area contributed by atoms with Gasteiger partial charge < -0.3 is 10.1 Å². The first-order valence-corrected chi connectivity index (χ1v) is 6.67. The van der Waals surface area contributed by atoms with Crippen molar-refractivity contribution in [1.82, 2.24) is 5.32 Å². The summed E-state index contributed by atoms with van der Waals surface area (Å²) in [4.78, 5) is 0. The third-order valence-corrected chi connectivity index (χ3v) is 3.25. The molecule has 0 aliphatic rings. The predicted molar refractivity (Wildman–Crippen MR) is 71.6 cm³/mol. The fraction of sp³-hybridized carbons (Fsp3) is 0.538. The highest BCUT2D eigenvalue weighted by atomic mass is 79.9. The van der Waals surface area contributed by atoms with Crippen LogP contribution < -0.4 is 5.32 Å². The highest BCUT2D eigenvalue weighted by Crippen LogP contribution is 2.26. The molecule has 2 atom stereocenters. The number of halogens is 2. The second-order valence-corrected chi connectivity index (χ2v) is 4.75. The van der Waals surface area contributed by atoms with E-state index in [-0.39, 0.29) is 18.0 Å². The summed E-state index contributed by atoms with van der Waals surface area (Å²) < 4.78 is 20.4. The number of likely N-dealkylation sites (N-methyl/N-ethyl adjacent to an activating group) is 1. The molecule has 0 saturated heterocycles. The molecule has 0 amide bonds. The first kappa shape index (κ1) is 14.6. The van der Waals surface area contributed by atoms with Gasteiger partial charge in [0.15, 0.2) is 0 Å². The Morgan fingerprint density at radius 1 is 1.41 bits per heavy atom. The van der Waals surface area contributed by atoms with Gasteiger partial charge in [0.2, 0.25) is 0 Å². The maximum Gasteiger partial charge on any atom is 0.128 e. The number of rotatable bonds is 6. The standard InChI is InChI=1S/C13H19BrFNO/c1-4-12(17-5-2)13(16-3)10-8-9(14)6-7-11(10)15/h6-8,12-13,16H,4-5H2,1-3H3. The zero-order chi connectivity index (χ0) is 12.8. The van der Waals surface area contributed by atoms with Gasteiger partial charge in [-0.1, -0.05) is 22.9 Å². The monoisotopic (exact) mass is 303 g/mol. The van der Waals surface area contributed by atoms with Crippen LogP contribution in [-0.4, -0.2) is 19.8 Å². The van der Waals surface area contributed by atoms with Crippen LogP contribution in [-0.2, 0) is 4.74 Å². The molecule has 1 aromatic carbocycles. The summed E-state index contributed by atoms with van der Waals surface area (Å²) in [7, 11) is 1.83. The van der Waals surface area contributed by atoms with Gasteiger partial charge in [-0.2, -0.15) is 0 Å². The summed E-state index contributed by atoms with van der Waals surface area (Å²) in [5.41, 5.74) is 0.641. The van der Waals surface area contributed by atoms with E-state index in [1.54, 1.807) is 12.1 Å². The summed E-state index contributed by atoms with van der Waals surface area (Å²) in [6, 6.07) is 4.85. The lowest BCUT2D eigenvalue weighted by molar-refractivity contribution is 0.0325. The summed E-state index contributed by atoms with van der Waals surface area (Å²) in [6.45, 7) is 4.62. The third-order valence-electron chi connectivity index (χ3n) is 2.76. The number of hydrogen-bond donors (Lipinski definition) is 1. The third kappa shape index (κ3) is 3.76. The van der Waals surface area contributed by atoms with Gasteiger partial charge in [0.05, 0.1) is 12.1 Å². The molecule has 0 aliphatic carbocycles. The maximum absolute atomic E-state index is 13.8. The quantitative estimate of drug-likeness (QED) is 0.866. The van der Waals surface area contributed by atoms with Crippen molar-refractivity contribution in [2.75, 3.05) is 13.7 Å². The Morgan fingerprint density at radius 3 is 2.65 bits per heavy atom. The molecule has 0 aromatic heterocycles. The molecule has 0 fully saturated rings. The van der Waals surface area contributed by atoms with E-state index in [9.17, 15) is 4.39 Å². The molecule has 17 heavy (non-hydrogen) atoms. The van der Waals surface area contributed by atoms with Crippen molar-refractivity contribution in [2.45, 2.75) is 32.4 Å².